The lowest BCUT2D eigenvalue weighted by Gasteiger charge is -2.11. The molecule has 1 fully saturated rings. The highest BCUT2D eigenvalue weighted by atomic mass is 32.1. The molecule has 1 aromatic carbocycles. The van der Waals surface area contributed by atoms with Crippen molar-refractivity contribution in [1.82, 2.24) is 19.9 Å². The second-order valence-electron chi connectivity index (χ2n) is 7.77. The average Bonchev–Trinajstić information content (AvgIpc) is 3.47. The highest BCUT2D eigenvalue weighted by Gasteiger charge is 2.15. The zero-order valence-electron chi connectivity index (χ0n) is 17.1. The number of carbonyl (C=O) groups is 1. The molecule has 0 bridgehead atoms. The molecule has 1 N–H and O–H groups in total. The zero-order chi connectivity index (χ0) is 21.0. The van der Waals surface area contributed by atoms with Crippen LogP contribution in [-0.2, 0) is 17.8 Å². The van der Waals surface area contributed by atoms with Crippen molar-refractivity contribution in [3.05, 3.63) is 71.5 Å². The summed E-state index contributed by atoms with van der Waals surface area (Å²) in [4.78, 5) is 29.8. The lowest BCUT2D eigenvalue weighted by molar-refractivity contribution is -0.115. The van der Waals surface area contributed by atoms with Crippen molar-refractivity contribution in [3.63, 3.8) is 0 Å². The molecule has 1 aliphatic heterocycles. The maximum absolute atomic E-state index is 12.7. The molecule has 0 saturated carbocycles. The van der Waals surface area contributed by atoms with Crippen molar-refractivity contribution in [1.29, 1.82) is 0 Å². The van der Waals surface area contributed by atoms with E-state index in [2.05, 4.69) is 20.2 Å². The molecule has 0 atom stereocenters. The van der Waals surface area contributed by atoms with Gasteiger partial charge in [-0.15, -0.1) is 11.3 Å². The van der Waals surface area contributed by atoms with E-state index in [1.54, 1.807) is 23.7 Å². The minimum Gasteiger partial charge on any atom is -0.302 e. The smallest absolute Gasteiger partial charge is 0.230 e. The minimum atomic E-state index is -0.0804. The highest BCUT2D eigenvalue weighted by Crippen LogP contribution is 2.25. The Balaban J connectivity index is 1.31. The van der Waals surface area contributed by atoms with Crippen LogP contribution in [0.3, 0.4) is 0 Å². The van der Waals surface area contributed by atoms with E-state index >= 15 is 0 Å². The van der Waals surface area contributed by atoms with Crippen LogP contribution >= 0.6 is 11.3 Å². The van der Waals surface area contributed by atoms with Crippen molar-refractivity contribution in [2.75, 3.05) is 18.4 Å². The quantitative estimate of drug-likeness (QED) is 0.488. The first-order valence-corrected chi connectivity index (χ1v) is 11.3. The van der Waals surface area contributed by atoms with Crippen LogP contribution < -0.4 is 5.32 Å². The van der Waals surface area contributed by atoms with Crippen LogP contribution in [0.2, 0.25) is 0 Å². The van der Waals surface area contributed by atoms with Gasteiger partial charge in [-0.25, -0.2) is 9.97 Å². The van der Waals surface area contributed by atoms with Crippen LogP contribution in [0, 0.1) is 0 Å². The highest BCUT2D eigenvalue weighted by molar-refractivity contribution is 7.15. The second-order valence-corrected chi connectivity index (χ2v) is 8.88. The third-order valence-electron chi connectivity index (χ3n) is 5.49. The molecule has 4 aromatic rings. The Morgan fingerprint density at radius 1 is 1.06 bits per heavy atom. The topological polar surface area (TPSA) is 71.0 Å². The number of aromatic nitrogens is 3. The fraction of sp³-hybridized carbons (Fsp3) is 0.250. The summed E-state index contributed by atoms with van der Waals surface area (Å²) in [5.74, 6) is -0.0804. The van der Waals surface area contributed by atoms with Gasteiger partial charge in [0.05, 0.1) is 17.6 Å². The molecule has 0 aliphatic carbocycles. The lowest BCUT2D eigenvalue weighted by Crippen LogP contribution is -2.17. The molecule has 1 saturated heterocycles. The van der Waals surface area contributed by atoms with Gasteiger partial charge in [0.2, 0.25) is 5.91 Å². The number of para-hydroxylation sites is 1. The summed E-state index contributed by atoms with van der Waals surface area (Å²) < 4.78 is 0. The standard InChI is InChI=1S/C24H23N5OS/c30-22(28-24-26-15-20(31-24)16-29-11-1-2-12-29)13-18-6-3-5-17-8-9-21(27-23(17)18)19-7-4-10-25-14-19/h3-10,14-15H,1-2,11-13,16H2,(H,26,28,30). The number of carbonyl (C=O) groups excluding carboxylic acids is 1. The maximum Gasteiger partial charge on any atom is 0.230 e. The number of likely N-dealkylation sites (tertiary alicyclic amines) is 1. The van der Waals surface area contributed by atoms with Gasteiger partial charge in [0.15, 0.2) is 5.13 Å². The largest absolute Gasteiger partial charge is 0.302 e. The molecule has 0 spiro atoms. The van der Waals surface area contributed by atoms with Gasteiger partial charge in [-0.1, -0.05) is 24.3 Å². The van der Waals surface area contributed by atoms with Crippen molar-refractivity contribution in [2.45, 2.75) is 25.8 Å². The van der Waals surface area contributed by atoms with Crippen molar-refractivity contribution < 1.29 is 4.79 Å². The van der Waals surface area contributed by atoms with Gasteiger partial charge in [0.1, 0.15) is 0 Å². The molecule has 7 heteroatoms. The second kappa shape index (κ2) is 8.91. The predicted octanol–water partition coefficient (Wildman–Crippen LogP) is 4.53. The van der Waals surface area contributed by atoms with Gasteiger partial charge in [0, 0.05) is 41.0 Å². The van der Waals surface area contributed by atoms with Crippen molar-refractivity contribution in [2.24, 2.45) is 0 Å². The van der Waals surface area contributed by atoms with Crippen LogP contribution in [0.4, 0.5) is 5.13 Å². The number of thiazole rings is 1. The van der Waals surface area contributed by atoms with Crippen molar-refractivity contribution in [3.8, 4) is 11.3 Å². The molecule has 1 amide bonds. The molecular formula is C24H23N5OS. The summed E-state index contributed by atoms with van der Waals surface area (Å²) in [6.45, 7) is 3.21. The molecular weight excluding hydrogens is 406 g/mol. The van der Waals surface area contributed by atoms with E-state index in [9.17, 15) is 4.79 Å². The Bertz CT molecular complexity index is 1200. The van der Waals surface area contributed by atoms with Gasteiger partial charge in [-0.2, -0.15) is 0 Å². The minimum absolute atomic E-state index is 0.0804. The van der Waals surface area contributed by atoms with Gasteiger partial charge in [-0.3, -0.25) is 14.7 Å². The third kappa shape index (κ3) is 4.62. The number of amides is 1. The fourth-order valence-corrected chi connectivity index (χ4v) is 4.83. The maximum atomic E-state index is 12.7. The average molecular weight is 430 g/mol. The number of nitrogens with zero attached hydrogens (tertiary/aromatic N) is 4. The first-order chi connectivity index (χ1) is 15.2. The van der Waals surface area contributed by atoms with Gasteiger partial charge in [-0.05, 0) is 49.7 Å². The summed E-state index contributed by atoms with van der Waals surface area (Å²) >= 11 is 1.55. The number of pyridine rings is 2. The molecule has 0 unspecified atom stereocenters. The van der Waals surface area contributed by atoms with E-state index < -0.39 is 0 Å². The first-order valence-electron chi connectivity index (χ1n) is 10.5. The van der Waals surface area contributed by atoms with Crippen LogP contribution in [-0.4, -0.2) is 38.8 Å². The monoisotopic (exact) mass is 429 g/mol. The number of nitrogens with one attached hydrogen (secondary N) is 1. The summed E-state index contributed by atoms with van der Waals surface area (Å²) in [6.07, 6.45) is 8.20. The first kappa shape index (κ1) is 19.8. The van der Waals surface area contributed by atoms with Crippen molar-refractivity contribution >= 4 is 33.3 Å². The van der Waals surface area contributed by atoms with Crippen LogP contribution in [0.1, 0.15) is 23.3 Å². The number of anilines is 1. The molecule has 3 aromatic heterocycles. The number of fused-ring (bicyclic) bond motifs is 1. The van der Waals surface area contributed by atoms with Crippen LogP contribution in [0.15, 0.2) is 61.1 Å². The van der Waals surface area contributed by atoms with E-state index in [0.29, 0.717) is 5.13 Å². The third-order valence-corrected chi connectivity index (χ3v) is 6.39. The van der Waals surface area contributed by atoms with E-state index in [0.717, 1.165) is 47.4 Å². The zero-order valence-corrected chi connectivity index (χ0v) is 17.9. The summed E-state index contributed by atoms with van der Waals surface area (Å²) in [7, 11) is 0. The number of hydrogen-bond acceptors (Lipinski definition) is 6. The summed E-state index contributed by atoms with van der Waals surface area (Å²) in [5.41, 5.74) is 3.54. The van der Waals surface area contributed by atoms with Gasteiger partial charge >= 0.3 is 0 Å². The Morgan fingerprint density at radius 2 is 1.97 bits per heavy atom. The molecule has 156 valence electrons. The number of benzene rings is 1. The number of hydrogen-bond donors (Lipinski definition) is 1. The molecule has 4 heterocycles. The van der Waals surface area contributed by atoms with E-state index in [1.807, 2.05) is 48.7 Å². The SMILES string of the molecule is O=C(Cc1cccc2ccc(-c3cccnc3)nc12)Nc1ncc(CN2CCCC2)s1. The van der Waals surface area contributed by atoms with Gasteiger partial charge < -0.3 is 5.32 Å². The fourth-order valence-electron chi connectivity index (χ4n) is 3.96. The molecule has 31 heavy (non-hydrogen) atoms. The Morgan fingerprint density at radius 3 is 2.81 bits per heavy atom. The van der Waals surface area contributed by atoms with E-state index in [-0.39, 0.29) is 12.3 Å². The Hall–Kier alpha value is -3.16. The molecule has 6 nitrogen and oxygen atoms in total. The summed E-state index contributed by atoms with van der Waals surface area (Å²) in [6, 6.07) is 13.8. The normalized spacial score (nSPS) is 14.2. The van der Waals surface area contributed by atoms with Gasteiger partial charge in [0.25, 0.3) is 0 Å². The van der Waals surface area contributed by atoms with Crippen LogP contribution in [0.25, 0.3) is 22.2 Å². The molecule has 5 rings (SSSR count). The van der Waals surface area contributed by atoms with E-state index in [1.165, 1.54) is 17.7 Å². The Kier molecular flexibility index (Phi) is 5.69. The van der Waals surface area contributed by atoms with Crippen LogP contribution in [0.5, 0.6) is 0 Å². The molecule has 1 aliphatic rings. The van der Waals surface area contributed by atoms with E-state index in [4.69, 9.17) is 4.98 Å². The molecule has 0 radical (unpaired) electrons. The summed E-state index contributed by atoms with van der Waals surface area (Å²) in [5, 5.41) is 4.63. The predicted molar refractivity (Wildman–Crippen MR) is 124 cm³/mol. The Labute approximate surface area is 185 Å². The number of rotatable bonds is 6. The lowest BCUT2D eigenvalue weighted by atomic mass is 10.0.